The van der Waals surface area contributed by atoms with Gasteiger partial charge in [0.2, 0.25) is 0 Å². The van der Waals surface area contributed by atoms with E-state index in [9.17, 15) is 4.79 Å². The average Bonchev–Trinajstić information content (AvgIpc) is 3.34. The molecule has 1 saturated heterocycles. The minimum absolute atomic E-state index is 0.389. The first kappa shape index (κ1) is 16.7. The number of thiazole rings is 1. The molecule has 0 saturated carbocycles. The monoisotopic (exact) mass is 368 g/mol. The highest BCUT2D eigenvalue weighted by atomic mass is 32.1. The summed E-state index contributed by atoms with van der Waals surface area (Å²) < 4.78 is 2.19. The molecule has 3 aromatic heterocycles. The Hall–Kier alpha value is -2.74. The Bertz CT molecular complexity index is 883. The number of piperidine rings is 1. The van der Waals surface area contributed by atoms with Crippen LogP contribution in [-0.2, 0) is 6.54 Å². The summed E-state index contributed by atoms with van der Waals surface area (Å²) in [5.74, 6) is 1.74. The molecule has 0 bridgehead atoms. The Morgan fingerprint density at radius 2 is 2.08 bits per heavy atom. The van der Waals surface area contributed by atoms with E-state index < -0.39 is 5.91 Å². The van der Waals surface area contributed by atoms with Gasteiger partial charge in [0.1, 0.15) is 11.6 Å². The maximum absolute atomic E-state index is 11.6. The molecular weight excluding hydrogens is 348 g/mol. The van der Waals surface area contributed by atoms with Crippen molar-refractivity contribution in [2.75, 3.05) is 18.0 Å². The van der Waals surface area contributed by atoms with E-state index in [1.165, 1.54) is 0 Å². The van der Waals surface area contributed by atoms with Crippen LogP contribution < -0.4 is 10.6 Å². The molecule has 0 radical (unpaired) electrons. The second-order valence-electron chi connectivity index (χ2n) is 6.39. The molecule has 0 spiro atoms. The van der Waals surface area contributed by atoms with Crippen molar-refractivity contribution in [2.24, 2.45) is 5.73 Å². The van der Waals surface area contributed by atoms with Crippen LogP contribution in [-0.4, -0.2) is 38.5 Å². The van der Waals surface area contributed by atoms with Crippen LogP contribution in [0.3, 0.4) is 0 Å². The number of aromatic nitrogens is 4. The van der Waals surface area contributed by atoms with Gasteiger partial charge in [0.05, 0.1) is 23.3 Å². The lowest BCUT2D eigenvalue weighted by molar-refractivity contribution is 0.100. The van der Waals surface area contributed by atoms with Crippen molar-refractivity contribution < 1.29 is 4.79 Å². The van der Waals surface area contributed by atoms with Crippen molar-refractivity contribution in [3.8, 4) is 0 Å². The minimum Gasteiger partial charge on any atom is -0.365 e. The molecule has 1 aliphatic rings. The quantitative estimate of drug-likeness (QED) is 0.746. The van der Waals surface area contributed by atoms with Gasteiger partial charge in [0, 0.05) is 43.0 Å². The topological polar surface area (TPSA) is 89.9 Å². The normalized spacial score (nSPS) is 15.3. The van der Waals surface area contributed by atoms with E-state index in [2.05, 4.69) is 29.8 Å². The summed E-state index contributed by atoms with van der Waals surface area (Å²) in [6.45, 7) is 2.40. The highest BCUT2D eigenvalue weighted by Crippen LogP contribution is 2.30. The van der Waals surface area contributed by atoms with Gasteiger partial charge < -0.3 is 15.2 Å². The number of rotatable bonds is 5. The van der Waals surface area contributed by atoms with E-state index in [0.717, 1.165) is 44.0 Å². The van der Waals surface area contributed by atoms with Crippen LogP contribution in [0.15, 0.2) is 41.6 Å². The Labute approximate surface area is 155 Å². The number of imidazole rings is 1. The highest BCUT2D eigenvalue weighted by Gasteiger charge is 2.26. The number of amides is 1. The number of carbonyl (C=O) groups excluding carboxylic acids is 1. The molecule has 4 rings (SSSR count). The Kier molecular flexibility index (Phi) is 4.66. The van der Waals surface area contributed by atoms with Gasteiger partial charge in [-0.3, -0.25) is 4.79 Å². The second kappa shape index (κ2) is 7.25. The number of carbonyl (C=O) groups is 1. The summed E-state index contributed by atoms with van der Waals surface area (Å²) in [6.07, 6.45) is 7.50. The molecule has 0 atom stereocenters. The molecular formula is C18H20N6OS. The van der Waals surface area contributed by atoms with Gasteiger partial charge in [-0.05, 0) is 25.0 Å². The summed E-state index contributed by atoms with van der Waals surface area (Å²) in [6, 6.07) is 3.48. The molecule has 0 aromatic carbocycles. The van der Waals surface area contributed by atoms with E-state index in [4.69, 9.17) is 5.73 Å². The van der Waals surface area contributed by atoms with Crippen molar-refractivity contribution in [3.05, 3.63) is 58.7 Å². The molecule has 4 heterocycles. The van der Waals surface area contributed by atoms with Crippen molar-refractivity contribution in [2.45, 2.75) is 25.3 Å². The van der Waals surface area contributed by atoms with E-state index >= 15 is 0 Å². The number of hydrogen-bond acceptors (Lipinski definition) is 6. The smallest absolute Gasteiger partial charge is 0.252 e. The number of primary amides is 1. The molecule has 8 heteroatoms. The fourth-order valence-corrected chi connectivity index (χ4v) is 4.04. The number of nitrogens with zero attached hydrogens (tertiary/aromatic N) is 5. The SMILES string of the molecule is NC(=O)c1cccnc1N1CCC(c2nccn2Cc2cscn2)CC1. The summed E-state index contributed by atoms with van der Waals surface area (Å²) in [5, 5.41) is 2.07. The zero-order chi connectivity index (χ0) is 17.9. The minimum atomic E-state index is -0.436. The molecule has 1 fully saturated rings. The van der Waals surface area contributed by atoms with E-state index in [1.807, 2.05) is 17.9 Å². The summed E-state index contributed by atoms with van der Waals surface area (Å²) >= 11 is 1.61. The summed E-state index contributed by atoms with van der Waals surface area (Å²) in [5.41, 5.74) is 8.88. The van der Waals surface area contributed by atoms with Crippen LogP contribution in [0, 0.1) is 0 Å². The summed E-state index contributed by atoms with van der Waals surface area (Å²) in [4.78, 5) is 27.1. The Balaban J connectivity index is 1.47. The standard InChI is InChI=1S/C18H20N6OS/c19-16(25)15-2-1-5-20-18(15)23-7-3-13(4-8-23)17-21-6-9-24(17)10-14-11-26-12-22-14/h1-2,5-6,9,11-13H,3-4,7-8,10H2,(H2,19,25). The van der Waals surface area contributed by atoms with Gasteiger partial charge >= 0.3 is 0 Å². The second-order valence-corrected chi connectivity index (χ2v) is 7.11. The predicted molar refractivity (Wildman–Crippen MR) is 100 cm³/mol. The lowest BCUT2D eigenvalue weighted by atomic mass is 9.95. The molecule has 1 aliphatic heterocycles. The molecule has 7 nitrogen and oxygen atoms in total. The van der Waals surface area contributed by atoms with Crippen LogP contribution in [0.5, 0.6) is 0 Å². The fourth-order valence-electron chi connectivity index (χ4n) is 3.50. The molecule has 0 unspecified atom stereocenters. The van der Waals surface area contributed by atoms with Crippen LogP contribution in [0.4, 0.5) is 5.82 Å². The third-order valence-corrected chi connectivity index (χ3v) is 5.41. The number of anilines is 1. The Morgan fingerprint density at radius 3 is 2.81 bits per heavy atom. The lowest BCUT2D eigenvalue weighted by Gasteiger charge is -2.33. The zero-order valence-corrected chi connectivity index (χ0v) is 15.1. The third-order valence-electron chi connectivity index (χ3n) is 4.78. The molecule has 134 valence electrons. The van der Waals surface area contributed by atoms with Crippen LogP contribution >= 0.6 is 11.3 Å². The largest absolute Gasteiger partial charge is 0.365 e. The van der Waals surface area contributed by atoms with Gasteiger partial charge in [0.15, 0.2) is 0 Å². The lowest BCUT2D eigenvalue weighted by Crippen LogP contribution is -2.35. The predicted octanol–water partition coefficient (Wildman–Crippen LogP) is 2.27. The highest BCUT2D eigenvalue weighted by molar-refractivity contribution is 7.07. The number of pyridine rings is 1. The number of nitrogens with two attached hydrogens (primary N) is 1. The first-order chi connectivity index (χ1) is 12.7. The van der Waals surface area contributed by atoms with Gasteiger partial charge in [-0.2, -0.15) is 0 Å². The van der Waals surface area contributed by atoms with Crippen molar-refractivity contribution in [3.63, 3.8) is 0 Å². The molecule has 1 amide bonds. The van der Waals surface area contributed by atoms with Crippen LogP contribution in [0.1, 0.15) is 40.6 Å². The maximum atomic E-state index is 11.6. The third kappa shape index (κ3) is 3.32. The van der Waals surface area contributed by atoms with Crippen LogP contribution in [0.25, 0.3) is 0 Å². The Morgan fingerprint density at radius 1 is 1.23 bits per heavy atom. The van der Waals surface area contributed by atoms with E-state index in [1.54, 1.807) is 29.7 Å². The molecule has 26 heavy (non-hydrogen) atoms. The van der Waals surface area contributed by atoms with Crippen molar-refractivity contribution in [1.82, 2.24) is 19.5 Å². The van der Waals surface area contributed by atoms with Gasteiger partial charge in [-0.15, -0.1) is 11.3 Å². The molecule has 0 aliphatic carbocycles. The summed E-state index contributed by atoms with van der Waals surface area (Å²) in [7, 11) is 0. The van der Waals surface area contributed by atoms with Gasteiger partial charge in [-0.25, -0.2) is 15.0 Å². The maximum Gasteiger partial charge on any atom is 0.252 e. The molecule has 3 aromatic rings. The first-order valence-corrected chi connectivity index (χ1v) is 9.54. The van der Waals surface area contributed by atoms with Crippen molar-refractivity contribution >= 4 is 23.1 Å². The van der Waals surface area contributed by atoms with Crippen LogP contribution in [0.2, 0.25) is 0 Å². The van der Waals surface area contributed by atoms with Gasteiger partial charge in [0.25, 0.3) is 5.91 Å². The van der Waals surface area contributed by atoms with E-state index in [-0.39, 0.29) is 0 Å². The molecule has 2 N–H and O–H groups in total. The average molecular weight is 368 g/mol. The van der Waals surface area contributed by atoms with Crippen molar-refractivity contribution in [1.29, 1.82) is 0 Å². The zero-order valence-electron chi connectivity index (χ0n) is 14.3. The number of hydrogen-bond donors (Lipinski definition) is 1. The first-order valence-electron chi connectivity index (χ1n) is 8.60. The fraction of sp³-hybridized carbons (Fsp3) is 0.333. The van der Waals surface area contributed by atoms with E-state index in [0.29, 0.717) is 17.3 Å². The van der Waals surface area contributed by atoms with Gasteiger partial charge in [-0.1, -0.05) is 0 Å².